The van der Waals surface area contributed by atoms with Gasteiger partial charge in [0.25, 0.3) is 0 Å². The molecule has 0 saturated carbocycles. The lowest BCUT2D eigenvalue weighted by atomic mass is 10.2. The number of nitrogens with one attached hydrogen (secondary N) is 1. The number of ether oxygens (including phenoxy) is 2. The number of hydrogen-bond acceptors (Lipinski definition) is 5. The molecule has 3 rings (SSSR count). The fourth-order valence-electron chi connectivity index (χ4n) is 2.64. The number of nitrogens with zero attached hydrogens (tertiary/aromatic N) is 3. The number of pyridine rings is 1. The Morgan fingerprint density at radius 2 is 1.89 bits per heavy atom. The molecule has 1 aromatic carbocycles. The molecule has 0 unspecified atom stereocenters. The fourth-order valence-corrected chi connectivity index (χ4v) is 2.64. The van der Waals surface area contributed by atoms with Crippen molar-refractivity contribution in [1.82, 2.24) is 20.1 Å². The summed E-state index contributed by atoms with van der Waals surface area (Å²) in [5.74, 6) is 1.10. The molecular weight excluding hydrogens is 356 g/mol. The summed E-state index contributed by atoms with van der Waals surface area (Å²) in [6.45, 7) is 1.06. The summed E-state index contributed by atoms with van der Waals surface area (Å²) in [4.78, 5) is 16.0. The van der Waals surface area contributed by atoms with Crippen LogP contribution in [0.4, 0.5) is 0 Å². The Labute approximate surface area is 163 Å². The third kappa shape index (κ3) is 4.97. The van der Waals surface area contributed by atoms with Gasteiger partial charge in [0.2, 0.25) is 5.91 Å². The molecule has 1 N–H and O–H groups in total. The summed E-state index contributed by atoms with van der Waals surface area (Å²) in [6, 6.07) is 11.2. The zero-order valence-electron chi connectivity index (χ0n) is 15.8. The molecule has 0 aliphatic carbocycles. The zero-order chi connectivity index (χ0) is 19.8. The Bertz CT molecular complexity index is 951. The van der Waals surface area contributed by atoms with Crippen molar-refractivity contribution in [2.45, 2.75) is 6.54 Å². The first-order chi connectivity index (χ1) is 13.7. The van der Waals surface area contributed by atoms with Crippen LogP contribution in [0.25, 0.3) is 17.3 Å². The van der Waals surface area contributed by atoms with Crippen molar-refractivity contribution in [3.8, 4) is 22.8 Å². The van der Waals surface area contributed by atoms with Crippen LogP contribution in [-0.2, 0) is 11.3 Å². The maximum absolute atomic E-state index is 12.0. The second-order valence-electron chi connectivity index (χ2n) is 5.94. The predicted octanol–water partition coefficient (Wildman–Crippen LogP) is 2.79. The largest absolute Gasteiger partial charge is 0.493 e. The van der Waals surface area contributed by atoms with Gasteiger partial charge in [-0.1, -0.05) is 6.07 Å². The first-order valence-corrected chi connectivity index (χ1v) is 8.81. The minimum atomic E-state index is -0.170. The van der Waals surface area contributed by atoms with Crippen molar-refractivity contribution in [1.29, 1.82) is 0 Å². The van der Waals surface area contributed by atoms with E-state index in [1.165, 1.54) is 6.08 Å². The second-order valence-corrected chi connectivity index (χ2v) is 5.94. The van der Waals surface area contributed by atoms with E-state index in [0.29, 0.717) is 24.6 Å². The van der Waals surface area contributed by atoms with Crippen LogP contribution in [0.3, 0.4) is 0 Å². The van der Waals surface area contributed by atoms with Crippen LogP contribution in [0.5, 0.6) is 11.5 Å². The molecule has 0 saturated heterocycles. The van der Waals surface area contributed by atoms with Gasteiger partial charge in [0.05, 0.1) is 26.5 Å². The molecule has 2 aromatic heterocycles. The monoisotopic (exact) mass is 378 g/mol. The van der Waals surface area contributed by atoms with Gasteiger partial charge in [0.15, 0.2) is 11.5 Å². The quantitative estimate of drug-likeness (QED) is 0.610. The summed E-state index contributed by atoms with van der Waals surface area (Å²) in [7, 11) is 3.16. The predicted molar refractivity (Wildman–Crippen MR) is 107 cm³/mol. The molecule has 0 aliphatic rings. The van der Waals surface area contributed by atoms with Gasteiger partial charge in [-0.3, -0.25) is 14.5 Å². The molecule has 0 bridgehead atoms. The van der Waals surface area contributed by atoms with Crippen LogP contribution < -0.4 is 14.8 Å². The molecule has 0 atom stereocenters. The Morgan fingerprint density at radius 3 is 2.64 bits per heavy atom. The number of methoxy groups -OCH3 is 2. The highest BCUT2D eigenvalue weighted by molar-refractivity contribution is 5.91. The molecule has 2 heterocycles. The third-order valence-corrected chi connectivity index (χ3v) is 4.09. The smallest absolute Gasteiger partial charge is 0.244 e. The Balaban J connectivity index is 1.50. The van der Waals surface area contributed by atoms with Gasteiger partial charge in [-0.15, -0.1) is 0 Å². The van der Waals surface area contributed by atoms with Crippen LogP contribution in [-0.4, -0.2) is 41.4 Å². The maximum Gasteiger partial charge on any atom is 0.244 e. The Kier molecular flexibility index (Phi) is 6.41. The standard InChI is InChI=1S/C21H22N4O3/c1-27-19-5-3-16(15-20(19)28-2)4-6-21(26)23-12-14-25-13-9-18(24-25)17-7-10-22-11-8-17/h3-11,13,15H,12,14H2,1-2H3,(H,23,26)/b6-4+. The minimum absolute atomic E-state index is 0.170. The van der Waals surface area contributed by atoms with E-state index in [1.807, 2.05) is 36.5 Å². The van der Waals surface area contributed by atoms with Crippen LogP contribution in [0.15, 0.2) is 61.1 Å². The SMILES string of the molecule is COc1ccc(/C=C/C(=O)NCCn2ccc(-c3ccncc3)n2)cc1OC. The van der Waals surface area contributed by atoms with Gasteiger partial charge in [-0.05, 0) is 42.0 Å². The van der Waals surface area contributed by atoms with Crippen LogP contribution >= 0.6 is 0 Å². The lowest BCUT2D eigenvalue weighted by Gasteiger charge is -2.07. The van der Waals surface area contributed by atoms with Gasteiger partial charge in [-0.25, -0.2) is 0 Å². The minimum Gasteiger partial charge on any atom is -0.493 e. The highest BCUT2D eigenvalue weighted by Gasteiger charge is 2.04. The summed E-state index contributed by atoms with van der Waals surface area (Å²) in [5, 5.41) is 7.35. The zero-order valence-corrected chi connectivity index (χ0v) is 15.8. The fraction of sp³-hybridized carbons (Fsp3) is 0.190. The molecule has 7 heteroatoms. The molecule has 7 nitrogen and oxygen atoms in total. The molecule has 3 aromatic rings. The molecule has 144 valence electrons. The average Bonchev–Trinajstić information content (AvgIpc) is 3.21. The molecule has 0 fully saturated rings. The lowest BCUT2D eigenvalue weighted by Crippen LogP contribution is -2.25. The van der Waals surface area contributed by atoms with Crippen molar-refractivity contribution in [2.75, 3.05) is 20.8 Å². The number of aromatic nitrogens is 3. The van der Waals surface area contributed by atoms with Gasteiger partial charge in [0, 0.05) is 36.8 Å². The van der Waals surface area contributed by atoms with Gasteiger partial charge in [0.1, 0.15) is 0 Å². The van der Waals surface area contributed by atoms with Crippen LogP contribution in [0.2, 0.25) is 0 Å². The summed E-state index contributed by atoms with van der Waals surface area (Å²) < 4.78 is 12.3. The molecule has 1 amide bonds. The van der Waals surface area contributed by atoms with E-state index in [4.69, 9.17) is 9.47 Å². The van der Waals surface area contributed by atoms with E-state index in [0.717, 1.165) is 16.8 Å². The van der Waals surface area contributed by atoms with E-state index < -0.39 is 0 Å². The highest BCUT2D eigenvalue weighted by atomic mass is 16.5. The highest BCUT2D eigenvalue weighted by Crippen LogP contribution is 2.27. The normalized spacial score (nSPS) is 10.8. The Morgan fingerprint density at radius 1 is 1.11 bits per heavy atom. The molecule has 0 radical (unpaired) electrons. The molecule has 0 spiro atoms. The molecule has 28 heavy (non-hydrogen) atoms. The molecule has 0 aliphatic heterocycles. The average molecular weight is 378 g/mol. The van der Waals surface area contributed by atoms with Gasteiger partial charge < -0.3 is 14.8 Å². The van der Waals surface area contributed by atoms with Crippen molar-refractivity contribution >= 4 is 12.0 Å². The van der Waals surface area contributed by atoms with E-state index in [9.17, 15) is 4.79 Å². The Hall–Kier alpha value is -3.61. The van der Waals surface area contributed by atoms with Crippen molar-refractivity contribution in [3.05, 3.63) is 66.6 Å². The van der Waals surface area contributed by atoms with E-state index in [2.05, 4.69) is 15.4 Å². The van der Waals surface area contributed by atoms with Crippen LogP contribution in [0, 0.1) is 0 Å². The lowest BCUT2D eigenvalue weighted by molar-refractivity contribution is -0.116. The summed E-state index contributed by atoms with van der Waals surface area (Å²) in [5.41, 5.74) is 2.74. The first kappa shape index (κ1) is 19.2. The first-order valence-electron chi connectivity index (χ1n) is 8.81. The third-order valence-electron chi connectivity index (χ3n) is 4.09. The van der Waals surface area contributed by atoms with Crippen molar-refractivity contribution in [3.63, 3.8) is 0 Å². The number of carbonyl (C=O) groups is 1. The summed E-state index contributed by atoms with van der Waals surface area (Å²) in [6.07, 6.45) is 8.58. The number of hydrogen-bond donors (Lipinski definition) is 1. The maximum atomic E-state index is 12.0. The van der Waals surface area contributed by atoms with E-state index in [-0.39, 0.29) is 5.91 Å². The number of rotatable bonds is 8. The topological polar surface area (TPSA) is 78.3 Å². The van der Waals surface area contributed by atoms with Crippen molar-refractivity contribution < 1.29 is 14.3 Å². The van der Waals surface area contributed by atoms with E-state index in [1.54, 1.807) is 43.4 Å². The second kappa shape index (κ2) is 9.36. The summed E-state index contributed by atoms with van der Waals surface area (Å²) >= 11 is 0. The van der Waals surface area contributed by atoms with Gasteiger partial charge >= 0.3 is 0 Å². The van der Waals surface area contributed by atoms with Gasteiger partial charge in [-0.2, -0.15) is 5.10 Å². The van der Waals surface area contributed by atoms with E-state index >= 15 is 0 Å². The number of amides is 1. The van der Waals surface area contributed by atoms with Crippen molar-refractivity contribution in [2.24, 2.45) is 0 Å². The van der Waals surface area contributed by atoms with Crippen LogP contribution in [0.1, 0.15) is 5.56 Å². The number of benzene rings is 1. The molecular formula is C21H22N4O3. The number of carbonyl (C=O) groups excluding carboxylic acids is 1.